The third-order valence-corrected chi connectivity index (χ3v) is 9.42. The summed E-state index contributed by atoms with van der Waals surface area (Å²) in [7, 11) is -3.87. The van der Waals surface area contributed by atoms with Crippen LogP contribution < -0.4 is 15.8 Å². The number of hydrogen-bond donors (Lipinski definition) is 2. The normalized spacial score (nSPS) is 21.7. The van der Waals surface area contributed by atoms with E-state index < -0.39 is 34.3 Å². The lowest BCUT2D eigenvalue weighted by Crippen LogP contribution is -2.55. The number of hydrogen-bond acceptors (Lipinski definition) is 8. The second kappa shape index (κ2) is 15.2. The monoisotopic (exact) mass is 603 g/mol. The Morgan fingerprint density at radius 2 is 1.83 bits per heavy atom. The Morgan fingerprint density at radius 1 is 1.10 bits per heavy atom. The summed E-state index contributed by atoms with van der Waals surface area (Å²) in [4.78, 5) is 13.2. The molecule has 10 nitrogen and oxygen atoms in total. The molecule has 2 heterocycles. The van der Waals surface area contributed by atoms with Crippen molar-refractivity contribution in [2.24, 2.45) is 17.6 Å². The SMILES string of the molecule is CCCCOc1ccc(S(=O)(=O)N(CC(C)C)C[C@@H](N)[C@H](Cc2ccccc2)NC(=O)O[C@H]2CO[C@H]3OCC[C@H]32)cc1. The molecule has 42 heavy (non-hydrogen) atoms. The van der Waals surface area contributed by atoms with Gasteiger partial charge in [-0.25, -0.2) is 13.2 Å². The first-order valence-corrected chi connectivity index (χ1v) is 16.3. The molecule has 2 aliphatic rings. The highest BCUT2D eigenvalue weighted by Crippen LogP contribution is 2.33. The van der Waals surface area contributed by atoms with E-state index in [0.29, 0.717) is 25.4 Å². The average molecular weight is 604 g/mol. The van der Waals surface area contributed by atoms with Gasteiger partial charge in [0.15, 0.2) is 6.29 Å². The fourth-order valence-corrected chi connectivity index (χ4v) is 6.92. The van der Waals surface area contributed by atoms with Gasteiger partial charge >= 0.3 is 6.09 Å². The maximum absolute atomic E-state index is 13.8. The Bertz CT molecular complexity index is 1230. The number of carbonyl (C=O) groups excluding carboxylic acids is 1. The molecule has 5 atom stereocenters. The van der Waals surface area contributed by atoms with Gasteiger partial charge in [0.2, 0.25) is 10.0 Å². The third-order valence-electron chi connectivity index (χ3n) is 7.57. The fourth-order valence-electron chi connectivity index (χ4n) is 5.28. The van der Waals surface area contributed by atoms with Gasteiger partial charge in [-0.3, -0.25) is 0 Å². The van der Waals surface area contributed by atoms with E-state index in [1.54, 1.807) is 24.3 Å². The molecule has 0 saturated carbocycles. The van der Waals surface area contributed by atoms with E-state index in [1.165, 1.54) is 4.31 Å². The minimum absolute atomic E-state index is 0.00658. The maximum Gasteiger partial charge on any atom is 0.407 e. The lowest BCUT2D eigenvalue weighted by Gasteiger charge is -2.31. The summed E-state index contributed by atoms with van der Waals surface area (Å²) in [5.41, 5.74) is 7.67. The van der Waals surface area contributed by atoms with E-state index in [9.17, 15) is 13.2 Å². The van der Waals surface area contributed by atoms with Crippen LogP contribution in [0.2, 0.25) is 0 Å². The number of ether oxygens (including phenoxy) is 4. The summed E-state index contributed by atoms with van der Waals surface area (Å²) < 4.78 is 51.6. The van der Waals surface area contributed by atoms with E-state index in [-0.39, 0.29) is 42.7 Å². The first-order chi connectivity index (χ1) is 20.2. The highest BCUT2D eigenvalue weighted by Gasteiger charge is 2.44. The van der Waals surface area contributed by atoms with Crippen LogP contribution in [-0.4, -0.2) is 76.2 Å². The van der Waals surface area contributed by atoms with Crippen molar-refractivity contribution in [3.63, 3.8) is 0 Å². The quantitative estimate of drug-likeness (QED) is 0.293. The lowest BCUT2D eigenvalue weighted by atomic mass is 9.99. The van der Waals surface area contributed by atoms with Crippen LogP contribution in [0.5, 0.6) is 5.75 Å². The van der Waals surface area contributed by atoms with E-state index in [4.69, 9.17) is 24.7 Å². The molecule has 11 heteroatoms. The average Bonchev–Trinajstić information content (AvgIpc) is 3.58. The minimum atomic E-state index is -3.87. The number of fused-ring (bicyclic) bond motifs is 1. The van der Waals surface area contributed by atoms with E-state index in [1.807, 2.05) is 44.2 Å². The molecule has 2 aromatic rings. The second-order valence-corrected chi connectivity index (χ2v) is 13.4. The number of rotatable bonds is 15. The first kappa shape index (κ1) is 32.2. The van der Waals surface area contributed by atoms with Crippen LogP contribution in [0.15, 0.2) is 59.5 Å². The Morgan fingerprint density at radius 3 is 2.52 bits per heavy atom. The van der Waals surface area contributed by atoms with Crippen molar-refractivity contribution in [1.82, 2.24) is 9.62 Å². The lowest BCUT2D eigenvalue weighted by molar-refractivity contribution is -0.0907. The summed E-state index contributed by atoms with van der Waals surface area (Å²) in [5.74, 6) is 0.688. The molecule has 0 radical (unpaired) electrons. The summed E-state index contributed by atoms with van der Waals surface area (Å²) in [6, 6.07) is 14.8. The van der Waals surface area contributed by atoms with Crippen molar-refractivity contribution in [3.05, 3.63) is 60.2 Å². The predicted molar refractivity (Wildman–Crippen MR) is 160 cm³/mol. The first-order valence-electron chi connectivity index (χ1n) is 14.9. The van der Waals surface area contributed by atoms with Gasteiger partial charge in [-0.15, -0.1) is 0 Å². The number of carbonyl (C=O) groups is 1. The topological polar surface area (TPSA) is 129 Å². The van der Waals surface area contributed by atoms with Gasteiger partial charge in [0.1, 0.15) is 11.9 Å². The Balaban J connectivity index is 1.48. The standard InChI is InChI=1S/C31H45N3O7S/c1-4-5-16-38-24-11-13-25(14-12-24)42(36,37)34(19-22(2)3)20-27(32)28(18-23-9-7-6-8-10-23)33-31(35)41-29-21-40-30-26(29)15-17-39-30/h6-14,22,26-30H,4-5,15-21,32H2,1-3H3,(H,33,35)/t26-,27+,28-,29-,30+/m0/s1. The molecule has 4 rings (SSSR count). The van der Waals surface area contributed by atoms with Crippen LogP contribution in [0.1, 0.15) is 45.6 Å². The zero-order valence-electron chi connectivity index (χ0n) is 24.8. The van der Waals surface area contributed by atoms with Gasteiger partial charge in [-0.1, -0.05) is 57.5 Å². The van der Waals surface area contributed by atoms with Gasteiger partial charge < -0.3 is 30.0 Å². The molecule has 2 fully saturated rings. The van der Waals surface area contributed by atoms with Crippen LogP contribution in [0.3, 0.4) is 0 Å². The van der Waals surface area contributed by atoms with Crippen molar-refractivity contribution in [3.8, 4) is 5.75 Å². The highest BCUT2D eigenvalue weighted by molar-refractivity contribution is 7.89. The van der Waals surface area contributed by atoms with E-state index in [0.717, 1.165) is 24.8 Å². The van der Waals surface area contributed by atoms with Crippen LogP contribution in [0.25, 0.3) is 0 Å². The zero-order chi connectivity index (χ0) is 30.1. The van der Waals surface area contributed by atoms with Crippen molar-refractivity contribution in [1.29, 1.82) is 0 Å². The Labute approximate surface area is 249 Å². The minimum Gasteiger partial charge on any atom is -0.494 e. The van der Waals surface area contributed by atoms with E-state index in [2.05, 4.69) is 12.2 Å². The number of nitrogens with zero attached hydrogens (tertiary/aromatic N) is 1. The van der Waals surface area contributed by atoms with Crippen molar-refractivity contribution in [2.45, 2.75) is 75.8 Å². The number of sulfonamides is 1. The molecule has 0 aromatic heterocycles. The van der Waals surface area contributed by atoms with Gasteiger partial charge in [0.05, 0.1) is 36.7 Å². The molecule has 0 unspecified atom stereocenters. The van der Waals surface area contributed by atoms with Crippen LogP contribution in [0, 0.1) is 11.8 Å². The number of nitrogens with one attached hydrogen (secondary N) is 1. The molecule has 3 N–H and O–H groups in total. The molecule has 2 aromatic carbocycles. The number of alkyl carbamates (subject to hydrolysis) is 1. The Kier molecular flexibility index (Phi) is 11.6. The predicted octanol–water partition coefficient (Wildman–Crippen LogP) is 3.94. The number of amides is 1. The Hall–Kier alpha value is -2.70. The molecular formula is C31H45N3O7S. The summed E-state index contributed by atoms with van der Waals surface area (Å²) in [6.45, 7) is 7.72. The smallest absolute Gasteiger partial charge is 0.407 e. The molecule has 0 spiro atoms. The fraction of sp³-hybridized carbons (Fsp3) is 0.581. The van der Waals surface area contributed by atoms with Crippen LogP contribution in [0.4, 0.5) is 4.79 Å². The molecule has 2 saturated heterocycles. The third kappa shape index (κ3) is 8.67. The largest absolute Gasteiger partial charge is 0.494 e. The molecule has 1 amide bonds. The number of nitrogens with two attached hydrogens (primary N) is 1. The summed E-state index contributed by atoms with van der Waals surface area (Å²) in [6.07, 6.45) is 1.77. The molecule has 0 aliphatic carbocycles. The van der Waals surface area contributed by atoms with Crippen LogP contribution >= 0.6 is 0 Å². The van der Waals surface area contributed by atoms with Crippen molar-refractivity contribution < 1.29 is 32.2 Å². The molecular weight excluding hydrogens is 558 g/mol. The number of unbranched alkanes of at least 4 members (excludes halogenated alkanes) is 1. The van der Waals surface area contributed by atoms with Crippen LogP contribution in [-0.2, 0) is 30.7 Å². The molecule has 232 valence electrons. The number of benzene rings is 2. The van der Waals surface area contributed by atoms with Crippen molar-refractivity contribution >= 4 is 16.1 Å². The zero-order valence-corrected chi connectivity index (χ0v) is 25.6. The van der Waals surface area contributed by atoms with Gasteiger partial charge in [-0.2, -0.15) is 4.31 Å². The maximum atomic E-state index is 13.8. The van der Waals surface area contributed by atoms with Crippen molar-refractivity contribution in [2.75, 3.05) is 32.9 Å². The molecule has 2 aliphatic heterocycles. The summed E-state index contributed by atoms with van der Waals surface area (Å²) in [5, 5.41) is 2.93. The van der Waals surface area contributed by atoms with Gasteiger partial charge in [0.25, 0.3) is 0 Å². The van der Waals surface area contributed by atoms with Gasteiger partial charge in [0, 0.05) is 19.1 Å². The molecule has 0 bridgehead atoms. The summed E-state index contributed by atoms with van der Waals surface area (Å²) >= 11 is 0. The van der Waals surface area contributed by atoms with Gasteiger partial charge in [-0.05, 0) is 55.0 Å². The van der Waals surface area contributed by atoms with E-state index >= 15 is 0 Å². The highest BCUT2D eigenvalue weighted by atomic mass is 32.2. The second-order valence-electron chi connectivity index (χ2n) is 11.5.